The largest absolute Gasteiger partial charge is 0.493 e. The molecule has 1 aromatic rings. The molecule has 0 bridgehead atoms. The second kappa shape index (κ2) is 7.73. The summed E-state index contributed by atoms with van der Waals surface area (Å²) in [5.74, 6) is -0.452. The van der Waals surface area contributed by atoms with Crippen LogP contribution < -0.4 is 10.1 Å². The highest BCUT2D eigenvalue weighted by molar-refractivity contribution is 9.10. The zero-order valence-corrected chi connectivity index (χ0v) is 17.8. The Morgan fingerprint density at radius 3 is 2.61 bits per heavy atom. The molecule has 0 radical (unpaired) electrons. The number of nitrogens with one attached hydrogen (secondary N) is 1. The smallest absolute Gasteiger partial charge is 0.408 e. The first kappa shape index (κ1) is 20.6. The van der Waals surface area contributed by atoms with Gasteiger partial charge in [-0.1, -0.05) is 15.9 Å². The molecular weight excluding hydrogens is 430 g/mol. The maximum atomic E-state index is 12.8. The number of benzene rings is 1. The predicted octanol–water partition coefficient (Wildman–Crippen LogP) is 3.77. The van der Waals surface area contributed by atoms with E-state index in [4.69, 9.17) is 14.2 Å². The number of amides is 1. The third-order valence-corrected chi connectivity index (χ3v) is 5.22. The number of halogens is 1. The van der Waals surface area contributed by atoms with Crippen LogP contribution in [0.1, 0.15) is 56.8 Å². The number of hydrogen-bond acceptors (Lipinski definition) is 6. The van der Waals surface area contributed by atoms with Crippen LogP contribution in [0.5, 0.6) is 5.75 Å². The summed E-state index contributed by atoms with van der Waals surface area (Å²) >= 11 is 3.35. The van der Waals surface area contributed by atoms with Gasteiger partial charge < -0.3 is 19.5 Å². The minimum atomic E-state index is -1.14. The summed E-state index contributed by atoms with van der Waals surface area (Å²) in [5.41, 5.74) is -1.44. The lowest BCUT2D eigenvalue weighted by Gasteiger charge is -2.40. The number of hydrogen-bond donors (Lipinski definition) is 1. The number of fused-ring (bicyclic) bond motifs is 1. The van der Waals surface area contributed by atoms with Crippen LogP contribution in [-0.4, -0.2) is 41.7 Å². The average molecular weight is 454 g/mol. The number of alkyl carbamates (subject to hydrolysis) is 1. The average Bonchev–Trinajstić information content (AvgIpc) is 2.68. The molecule has 3 rings (SSSR count). The van der Waals surface area contributed by atoms with Gasteiger partial charge in [0.1, 0.15) is 16.9 Å². The summed E-state index contributed by atoms with van der Waals surface area (Å²) in [4.78, 5) is 37.8. The monoisotopic (exact) mass is 453 g/mol. The highest BCUT2D eigenvalue weighted by Crippen LogP contribution is 2.35. The van der Waals surface area contributed by atoms with Crippen LogP contribution in [0.4, 0.5) is 4.79 Å². The molecule has 1 aliphatic carbocycles. The van der Waals surface area contributed by atoms with Crippen molar-refractivity contribution in [3.05, 3.63) is 28.2 Å². The molecule has 1 fully saturated rings. The van der Waals surface area contributed by atoms with Gasteiger partial charge in [-0.15, -0.1) is 0 Å². The van der Waals surface area contributed by atoms with Crippen molar-refractivity contribution in [1.29, 1.82) is 0 Å². The van der Waals surface area contributed by atoms with Gasteiger partial charge in [0.05, 0.1) is 12.2 Å². The normalized spacial score (nSPS) is 20.7. The second-order valence-corrected chi connectivity index (χ2v) is 9.01. The summed E-state index contributed by atoms with van der Waals surface area (Å²) < 4.78 is 17.2. The topological polar surface area (TPSA) is 90.9 Å². The van der Waals surface area contributed by atoms with E-state index in [0.717, 1.165) is 10.9 Å². The van der Waals surface area contributed by atoms with Crippen LogP contribution in [0, 0.1) is 0 Å². The molecule has 1 unspecified atom stereocenters. The van der Waals surface area contributed by atoms with E-state index in [2.05, 4.69) is 21.2 Å². The van der Waals surface area contributed by atoms with Gasteiger partial charge in [-0.2, -0.15) is 0 Å². The molecule has 0 aromatic heterocycles. The zero-order chi connectivity index (χ0) is 20.5. The summed E-state index contributed by atoms with van der Waals surface area (Å²) in [5, 5.41) is 2.65. The molecule has 28 heavy (non-hydrogen) atoms. The molecule has 1 atom stereocenters. The van der Waals surface area contributed by atoms with Crippen molar-refractivity contribution in [2.75, 3.05) is 6.61 Å². The Bertz CT molecular complexity index is 796. The van der Waals surface area contributed by atoms with Crippen LogP contribution in [-0.2, 0) is 14.3 Å². The molecule has 1 heterocycles. The number of carbonyl (C=O) groups excluding carboxylic acids is 3. The van der Waals surface area contributed by atoms with Crippen LogP contribution in [0.15, 0.2) is 22.7 Å². The first-order valence-electron chi connectivity index (χ1n) is 9.28. The van der Waals surface area contributed by atoms with E-state index < -0.39 is 29.3 Å². The maximum Gasteiger partial charge on any atom is 0.408 e. The molecule has 1 aliphatic heterocycles. The van der Waals surface area contributed by atoms with E-state index in [1.165, 1.54) is 0 Å². The molecule has 152 valence electrons. The molecule has 1 aromatic carbocycles. The number of rotatable bonds is 3. The van der Waals surface area contributed by atoms with E-state index in [1.807, 2.05) is 0 Å². The third-order valence-electron chi connectivity index (χ3n) is 4.73. The molecule has 0 spiro atoms. The quantitative estimate of drug-likeness (QED) is 0.700. The number of carbonyl (C=O) groups is 3. The number of esters is 1. The van der Waals surface area contributed by atoms with Crippen LogP contribution in [0.2, 0.25) is 0 Å². The summed E-state index contributed by atoms with van der Waals surface area (Å²) in [6.45, 7) is 5.49. The Labute approximate surface area is 172 Å². The van der Waals surface area contributed by atoms with Crippen molar-refractivity contribution in [2.24, 2.45) is 0 Å². The van der Waals surface area contributed by atoms with Crippen LogP contribution in [0.25, 0.3) is 0 Å². The fourth-order valence-corrected chi connectivity index (χ4v) is 3.50. The predicted molar refractivity (Wildman–Crippen MR) is 104 cm³/mol. The number of ketones is 1. The zero-order valence-electron chi connectivity index (χ0n) is 16.2. The molecule has 1 saturated carbocycles. The van der Waals surface area contributed by atoms with Crippen molar-refractivity contribution in [3.8, 4) is 5.75 Å². The van der Waals surface area contributed by atoms with Crippen LogP contribution in [0.3, 0.4) is 0 Å². The molecule has 0 saturated heterocycles. The fourth-order valence-electron chi connectivity index (χ4n) is 3.16. The van der Waals surface area contributed by atoms with Crippen molar-refractivity contribution < 1.29 is 28.6 Å². The number of Topliss-reactive ketones (excluding diaryl/α,β-unsaturated/α-hetero) is 1. The Balaban J connectivity index is 1.71. The third kappa shape index (κ3) is 4.48. The van der Waals surface area contributed by atoms with E-state index in [1.54, 1.807) is 39.0 Å². The lowest BCUT2D eigenvalue weighted by atomic mass is 9.77. The highest BCUT2D eigenvalue weighted by atomic mass is 79.9. The summed E-state index contributed by atoms with van der Waals surface area (Å²) in [6.07, 6.45) is 0.309. The maximum absolute atomic E-state index is 12.8. The SMILES string of the molecule is CC(C)(C)OC(=O)NC1(C(=O)OC2CCOc3cc(Br)ccc3C2=O)CCC1. The van der Waals surface area contributed by atoms with Crippen molar-refractivity contribution in [2.45, 2.75) is 63.7 Å². The fraction of sp³-hybridized carbons (Fsp3) is 0.550. The molecule has 1 amide bonds. The van der Waals surface area contributed by atoms with E-state index >= 15 is 0 Å². The van der Waals surface area contributed by atoms with Crippen molar-refractivity contribution >= 4 is 33.8 Å². The van der Waals surface area contributed by atoms with Gasteiger partial charge in [-0.05, 0) is 58.2 Å². The summed E-state index contributed by atoms with van der Waals surface area (Å²) in [6, 6.07) is 5.10. The first-order chi connectivity index (χ1) is 13.1. The minimum absolute atomic E-state index is 0.249. The van der Waals surface area contributed by atoms with E-state index in [0.29, 0.717) is 24.2 Å². The highest BCUT2D eigenvalue weighted by Gasteiger charge is 2.49. The van der Waals surface area contributed by atoms with Crippen molar-refractivity contribution in [1.82, 2.24) is 5.32 Å². The van der Waals surface area contributed by atoms with E-state index in [9.17, 15) is 14.4 Å². The van der Waals surface area contributed by atoms with Gasteiger partial charge in [-0.25, -0.2) is 9.59 Å². The van der Waals surface area contributed by atoms with Gasteiger partial charge in [0, 0.05) is 10.9 Å². The molecule has 8 heteroatoms. The number of ether oxygens (including phenoxy) is 3. The van der Waals surface area contributed by atoms with Crippen molar-refractivity contribution in [3.63, 3.8) is 0 Å². The Morgan fingerprint density at radius 1 is 1.29 bits per heavy atom. The Hall–Kier alpha value is -2.09. The lowest BCUT2D eigenvalue weighted by Crippen LogP contribution is -2.61. The van der Waals surface area contributed by atoms with E-state index in [-0.39, 0.29) is 18.8 Å². The minimum Gasteiger partial charge on any atom is -0.493 e. The van der Waals surface area contributed by atoms with Gasteiger partial charge in [0.25, 0.3) is 0 Å². The van der Waals surface area contributed by atoms with Gasteiger partial charge in [0.15, 0.2) is 6.10 Å². The van der Waals surface area contributed by atoms with Gasteiger partial charge in [0.2, 0.25) is 5.78 Å². The summed E-state index contributed by atoms with van der Waals surface area (Å²) in [7, 11) is 0. The molecule has 7 nitrogen and oxygen atoms in total. The molecule has 2 aliphatic rings. The standard InChI is InChI=1S/C20H24BrNO6/c1-19(2,3)28-18(25)22-20(8-4-9-20)17(24)27-14-7-10-26-15-11-12(21)5-6-13(15)16(14)23/h5-6,11,14H,4,7-10H2,1-3H3,(H,22,25). The van der Waals surface area contributed by atoms with Gasteiger partial charge in [-0.3, -0.25) is 4.79 Å². The molecule has 1 N–H and O–H groups in total. The second-order valence-electron chi connectivity index (χ2n) is 8.10. The Morgan fingerprint density at radius 2 is 2.00 bits per heavy atom. The van der Waals surface area contributed by atoms with Gasteiger partial charge >= 0.3 is 12.1 Å². The first-order valence-corrected chi connectivity index (χ1v) is 10.1. The molecular formula is C20H24BrNO6. The van der Waals surface area contributed by atoms with Crippen LogP contribution >= 0.6 is 15.9 Å². The lowest BCUT2D eigenvalue weighted by molar-refractivity contribution is -0.159. The Kier molecular flexibility index (Phi) is 5.70.